The van der Waals surface area contributed by atoms with Gasteiger partial charge < -0.3 is 20.0 Å². The maximum Gasteiger partial charge on any atom is 0.326 e. The van der Waals surface area contributed by atoms with Crippen molar-refractivity contribution in [3.05, 3.63) is 132 Å². The predicted molar refractivity (Wildman–Crippen MR) is 232 cm³/mol. The Kier molecular flexibility index (Phi) is 16.9. The third-order valence-corrected chi connectivity index (χ3v) is 14.3. The third-order valence-electron chi connectivity index (χ3n) is 9.54. The SMILES string of the molecule is C[C@H](CSC(=O)c1ccccc1)C(=O)N1C[C@@H](Sc2ccccc2)C[C@H]1C(=O)O.C[C@H](CSC(=O)c1ccccc1)C(=O)N1C[C@@H](Sc2ccccc2)C[C@H]1C(=O)O. The minimum absolute atomic E-state index is 0.0354. The molecule has 2 aliphatic rings. The van der Waals surface area contributed by atoms with Gasteiger partial charge in [-0.05, 0) is 37.1 Å². The van der Waals surface area contributed by atoms with Gasteiger partial charge in [-0.3, -0.25) is 19.2 Å². The number of carboxylic acid groups (broad SMARTS) is 2. The normalized spacial score (nSPS) is 19.7. The van der Waals surface area contributed by atoms with E-state index in [4.69, 9.17) is 0 Å². The number of thioether (sulfide) groups is 4. The number of hydrogen-bond donors (Lipinski definition) is 2. The second-order valence-corrected chi connectivity index (χ2v) is 18.7. The highest BCUT2D eigenvalue weighted by Gasteiger charge is 2.42. The monoisotopic (exact) mass is 858 g/mol. The van der Waals surface area contributed by atoms with Crippen LogP contribution in [0.5, 0.6) is 0 Å². The molecule has 2 N–H and O–H groups in total. The molecule has 0 aliphatic carbocycles. The molecule has 0 saturated carbocycles. The largest absolute Gasteiger partial charge is 0.480 e. The molecule has 2 saturated heterocycles. The number of amides is 2. The Hall–Kier alpha value is -4.50. The molecule has 0 spiro atoms. The summed E-state index contributed by atoms with van der Waals surface area (Å²) in [6.07, 6.45) is 0.840. The molecule has 2 fully saturated rings. The quantitative estimate of drug-likeness (QED) is 0.126. The molecule has 10 nitrogen and oxygen atoms in total. The van der Waals surface area contributed by atoms with Gasteiger partial charge in [-0.25, -0.2) is 9.59 Å². The van der Waals surface area contributed by atoms with E-state index in [0.717, 1.165) is 33.3 Å². The smallest absolute Gasteiger partial charge is 0.326 e. The van der Waals surface area contributed by atoms with Crippen LogP contribution in [0.25, 0.3) is 0 Å². The summed E-state index contributed by atoms with van der Waals surface area (Å²) in [6.45, 7) is 4.31. The highest BCUT2D eigenvalue weighted by Crippen LogP contribution is 2.35. The van der Waals surface area contributed by atoms with Crippen molar-refractivity contribution in [2.24, 2.45) is 11.8 Å². The molecule has 4 aromatic carbocycles. The Labute approximate surface area is 355 Å². The number of likely N-dealkylation sites (tertiary alicyclic amines) is 2. The molecule has 4 aromatic rings. The highest BCUT2D eigenvalue weighted by molar-refractivity contribution is 8.14. The van der Waals surface area contributed by atoms with Crippen molar-refractivity contribution in [2.75, 3.05) is 24.6 Å². The number of carboxylic acids is 2. The summed E-state index contributed by atoms with van der Waals surface area (Å²) >= 11 is 5.41. The van der Waals surface area contributed by atoms with Crippen LogP contribution in [-0.2, 0) is 19.2 Å². The number of carbonyl (C=O) groups is 6. The lowest BCUT2D eigenvalue weighted by Crippen LogP contribution is -2.43. The summed E-state index contributed by atoms with van der Waals surface area (Å²) in [7, 11) is 0. The van der Waals surface area contributed by atoms with Gasteiger partial charge in [0.25, 0.3) is 0 Å². The molecule has 2 heterocycles. The van der Waals surface area contributed by atoms with Crippen LogP contribution in [0.15, 0.2) is 131 Å². The second-order valence-electron chi connectivity index (χ2n) is 14.0. The Morgan fingerprint density at radius 2 is 0.845 bits per heavy atom. The average molecular weight is 859 g/mol. The molecule has 14 heteroatoms. The molecule has 0 aromatic heterocycles. The summed E-state index contributed by atoms with van der Waals surface area (Å²) in [5, 5.41) is 19.1. The van der Waals surface area contributed by atoms with Crippen LogP contribution in [0.2, 0.25) is 0 Å². The zero-order valence-corrected chi connectivity index (χ0v) is 35.4. The van der Waals surface area contributed by atoms with Crippen LogP contribution in [0.4, 0.5) is 0 Å². The van der Waals surface area contributed by atoms with E-state index in [2.05, 4.69) is 0 Å². The summed E-state index contributed by atoms with van der Waals surface area (Å²) in [5.41, 5.74) is 1.20. The Morgan fingerprint density at radius 3 is 1.16 bits per heavy atom. The van der Waals surface area contributed by atoms with E-state index in [1.165, 1.54) is 9.80 Å². The van der Waals surface area contributed by atoms with Gasteiger partial charge in [0, 0.05) is 67.8 Å². The topological polar surface area (TPSA) is 149 Å². The van der Waals surface area contributed by atoms with Crippen molar-refractivity contribution < 1.29 is 39.0 Å². The van der Waals surface area contributed by atoms with Gasteiger partial charge in [-0.1, -0.05) is 134 Å². The van der Waals surface area contributed by atoms with Crippen molar-refractivity contribution in [3.8, 4) is 0 Å². The van der Waals surface area contributed by atoms with E-state index in [1.807, 2.05) is 72.8 Å². The van der Waals surface area contributed by atoms with E-state index < -0.39 is 35.9 Å². The van der Waals surface area contributed by atoms with E-state index in [0.29, 0.717) is 48.6 Å². The third kappa shape index (κ3) is 12.7. The summed E-state index contributed by atoms with van der Waals surface area (Å²) < 4.78 is 0. The van der Waals surface area contributed by atoms with Crippen molar-refractivity contribution in [3.63, 3.8) is 0 Å². The number of aliphatic carboxylic acids is 2. The molecule has 2 amide bonds. The average Bonchev–Trinajstić information content (AvgIpc) is 3.87. The molecule has 6 atom stereocenters. The molecule has 0 unspecified atom stereocenters. The van der Waals surface area contributed by atoms with Crippen molar-refractivity contribution in [1.29, 1.82) is 0 Å². The minimum atomic E-state index is -0.977. The maximum absolute atomic E-state index is 12.9. The first-order chi connectivity index (χ1) is 27.9. The Morgan fingerprint density at radius 1 is 0.534 bits per heavy atom. The molecule has 2 aliphatic heterocycles. The molecular weight excluding hydrogens is 813 g/mol. The van der Waals surface area contributed by atoms with Gasteiger partial charge in [0.05, 0.1) is 0 Å². The zero-order valence-electron chi connectivity index (χ0n) is 32.1. The standard InChI is InChI=1S/2C22H23NO4S2/c2*1-15(14-28-22(27)16-8-4-2-5-9-16)20(24)23-13-18(12-19(23)21(25)26)29-17-10-6-3-7-11-17/h2*2-11,15,18-19H,12-14H2,1H3,(H,25,26)/t2*15-,18+,19+/m11/s1. The molecule has 0 radical (unpaired) electrons. The van der Waals surface area contributed by atoms with Gasteiger partial charge in [-0.2, -0.15) is 0 Å². The van der Waals surface area contributed by atoms with Gasteiger partial charge in [0.1, 0.15) is 12.1 Å². The molecule has 6 rings (SSSR count). The van der Waals surface area contributed by atoms with Crippen LogP contribution in [0, 0.1) is 11.8 Å². The zero-order chi connectivity index (χ0) is 41.6. The lowest BCUT2D eigenvalue weighted by Gasteiger charge is -2.24. The number of carbonyl (C=O) groups excluding carboxylic acids is 4. The fourth-order valence-corrected chi connectivity index (χ4v) is 10.6. The number of nitrogens with zero attached hydrogens (tertiary/aromatic N) is 2. The van der Waals surface area contributed by atoms with Crippen LogP contribution in [0.1, 0.15) is 47.4 Å². The van der Waals surface area contributed by atoms with Gasteiger partial charge in [0.2, 0.25) is 22.0 Å². The maximum atomic E-state index is 12.9. The number of benzene rings is 4. The van der Waals surface area contributed by atoms with Gasteiger partial charge in [-0.15, -0.1) is 23.5 Å². The van der Waals surface area contributed by atoms with E-state index >= 15 is 0 Å². The number of hydrogen-bond acceptors (Lipinski definition) is 10. The van der Waals surface area contributed by atoms with E-state index in [-0.39, 0.29) is 32.5 Å². The summed E-state index contributed by atoms with van der Waals surface area (Å²) in [6, 6.07) is 35.8. The van der Waals surface area contributed by atoms with E-state index in [9.17, 15) is 39.0 Å². The van der Waals surface area contributed by atoms with Crippen molar-refractivity contribution in [2.45, 2.75) is 59.1 Å². The second kappa shape index (κ2) is 22.0. The lowest BCUT2D eigenvalue weighted by molar-refractivity contribution is -0.149. The Balaban J connectivity index is 0.000000221. The van der Waals surface area contributed by atoms with Gasteiger partial charge in [0.15, 0.2) is 0 Å². The van der Waals surface area contributed by atoms with Crippen molar-refractivity contribution >= 4 is 81.0 Å². The van der Waals surface area contributed by atoms with Crippen LogP contribution < -0.4 is 0 Å². The minimum Gasteiger partial charge on any atom is -0.480 e. The molecular formula is C44H46N2O8S4. The molecule has 304 valence electrons. The molecule has 58 heavy (non-hydrogen) atoms. The van der Waals surface area contributed by atoms with Crippen LogP contribution >= 0.6 is 47.0 Å². The highest BCUT2D eigenvalue weighted by atomic mass is 32.2. The van der Waals surface area contributed by atoms with E-state index in [1.54, 1.807) is 85.9 Å². The fourth-order valence-electron chi connectivity index (χ4n) is 6.53. The summed E-state index contributed by atoms with van der Waals surface area (Å²) in [5.74, 6) is -2.59. The first kappa shape index (κ1) is 44.6. The predicted octanol–water partition coefficient (Wildman–Crippen LogP) is 8.09. The number of rotatable bonds is 14. The van der Waals surface area contributed by atoms with Crippen LogP contribution in [-0.4, -0.2) is 101 Å². The summed E-state index contributed by atoms with van der Waals surface area (Å²) in [4.78, 5) is 78.9. The van der Waals surface area contributed by atoms with Crippen molar-refractivity contribution in [1.82, 2.24) is 9.80 Å². The fraction of sp³-hybridized carbons (Fsp3) is 0.318. The molecule has 0 bridgehead atoms. The van der Waals surface area contributed by atoms with Gasteiger partial charge >= 0.3 is 11.9 Å². The Bertz CT molecular complexity index is 1860. The van der Waals surface area contributed by atoms with Crippen LogP contribution in [0.3, 0.4) is 0 Å². The first-order valence-electron chi connectivity index (χ1n) is 18.9. The first-order valence-corrected chi connectivity index (χ1v) is 22.6. The lowest BCUT2D eigenvalue weighted by atomic mass is 10.1.